The zero-order chi connectivity index (χ0) is 9.03. The molecule has 0 aromatic heterocycles. The van der Waals surface area contributed by atoms with Crippen molar-refractivity contribution in [3.05, 3.63) is 0 Å². The molecule has 1 fully saturated rings. The standard InChI is InChI=1S/C6H13NO4S.CH4.Na/c8-12(9,10)6-3-7-1-4-11-5-2-7;;/h1-6H2,(H,8,9,10);1H4;/q;;+1/p-1. The summed E-state index contributed by atoms with van der Waals surface area (Å²) in [7, 11) is -4.06. The van der Waals surface area contributed by atoms with Crippen LogP contribution in [0.5, 0.6) is 0 Å². The van der Waals surface area contributed by atoms with E-state index in [1.54, 1.807) is 0 Å². The molecule has 0 spiro atoms. The minimum absolute atomic E-state index is 0. The van der Waals surface area contributed by atoms with Gasteiger partial charge in [-0.25, -0.2) is 8.42 Å². The maximum Gasteiger partial charge on any atom is 1.00 e. The van der Waals surface area contributed by atoms with E-state index < -0.39 is 10.1 Å². The number of rotatable bonds is 3. The maximum absolute atomic E-state index is 10.3. The van der Waals surface area contributed by atoms with Crippen LogP contribution in [0.25, 0.3) is 0 Å². The molecule has 0 saturated carbocycles. The maximum atomic E-state index is 10.3. The van der Waals surface area contributed by atoms with Gasteiger partial charge in [0.05, 0.1) is 29.1 Å². The molecule has 0 aliphatic carbocycles. The van der Waals surface area contributed by atoms with E-state index in [0.29, 0.717) is 19.8 Å². The molecule has 0 aromatic rings. The van der Waals surface area contributed by atoms with Crippen LogP contribution in [0.3, 0.4) is 0 Å². The van der Waals surface area contributed by atoms with E-state index in [9.17, 15) is 13.0 Å². The molecule has 0 aromatic carbocycles. The van der Waals surface area contributed by atoms with Crippen LogP contribution < -0.4 is 29.6 Å². The van der Waals surface area contributed by atoms with Crippen molar-refractivity contribution in [1.29, 1.82) is 0 Å². The van der Waals surface area contributed by atoms with E-state index in [1.165, 1.54) is 0 Å². The van der Waals surface area contributed by atoms with E-state index in [4.69, 9.17) is 4.74 Å². The minimum atomic E-state index is -4.06. The number of nitrogens with zero attached hydrogens (tertiary/aromatic N) is 1. The third kappa shape index (κ3) is 8.16. The van der Waals surface area contributed by atoms with Crippen LogP contribution in [0.4, 0.5) is 0 Å². The van der Waals surface area contributed by atoms with Crippen LogP contribution >= 0.6 is 0 Å². The molecule has 1 rings (SSSR count). The van der Waals surface area contributed by atoms with E-state index in [1.807, 2.05) is 4.90 Å². The zero-order valence-electron chi connectivity index (χ0n) is 7.73. The fourth-order valence-electron chi connectivity index (χ4n) is 1.07. The van der Waals surface area contributed by atoms with Crippen molar-refractivity contribution >= 4 is 10.1 Å². The zero-order valence-corrected chi connectivity index (χ0v) is 10.5. The van der Waals surface area contributed by atoms with Gasteiger partial charge in [0.15, 0.2) is 0 Å². The average Bonchev–Trinajstić information content (AvgIpc) is 2.02. The minimum Gasteiger partial charge on any atom is -0.748 e. The van der Waals surface area contributed by atoms with Gasteiger partial charge in [-0.2, -0.15) is 0 Å². The molecular formula is C7H16NNaO4S. The fraction of sp³-hybridized carbons (Fsp3) is 1.00. The third-order valence-electron chi connectivity index (χ3n) is 1.76. The predicted octanol–water partition coefficient (Wildman–Crippen LogP) is -3.50. The molecule has 0 radical (unpaired) electrons. The van der Waals surface area contributed by atoms with Crippen molar-refractivity contribution in [2.75, 3.05) is 38.6 Å². The number of hydrogen-bond acceptors (Lipinski definition) is 5. The number of morpholine rings is 1. The summed E-state index contributed by atoms with van der Waals surface area (Å²) in [6.45, 7) is 3.01. The fourth-order valence-corrected chi connectivity index (χ4v) is 1.55. The molecule has 0 amide bonds. The molecule has 0 bridgehead atoms. The summed E-state index contributed by atoms with van der Waals surface area (Å²) in [5.41, 5.74) is 0. The first-order valence-corrected chi connectivity index (χ1v) is 5.39. The van der Waals surface area contributed by atoms with Gasteiger partial charge >= 0.3 is 29.6 Å². The van der Waals surface area contributed by atoms with Gasteiger partial charge in [-0.05, 0) is 0 Å². The van der Waals surface area contributed by atoms with Crippen molar-refractivity contribution in [3.63, 3.8) is 0 Å². The van der Waals surface area contributed by atoms with Gasteiger partial charge in [-0.3, -0.25) is 4.90 Å². The van der Waals surface area contributed by atoms with Gasteiger partial charge in [0.2, 0.25) is 0 Å². The van der Waals surface area contributed by atoms with Crippen LogP contribution in [0, 0.1) is 0 Å². The average molecular weight is 233 g/mol. The van der Waals surface area contributed by atoms with Gasteiger partial charge in [-0.15, -0.1) is 0 Å². The summed E-state index contributed by atoms with van der Waals surface area (Å²) in [4.78, 5) is 1.92. The molecule has 1 heterocycles. The Morgan fingerprint density at radius 1 is 1.29 bits per heavy atom. The quantitative estimate of drug-likeness (QED) is 0.374. The van der Waals surface area contributed by atoms with Crippen LogP contribution in [-0.4, -0.2) is 56.5 Å². The Morgan fingerprint density at radius 3 is 2.21 bits per heavy atom. The largest absolute Gasteiger partial charge is 1.00 e. The van der Waals surface area contributed by atoms with Crippen molar-refractivity contribution in [2.24, 2.45) is 0 Å². The SMILES string of the molecule is C.O=S(=O)([O-])CCN1CCOCC1.[Na+]. The van der Waals surface area contributed by atoms with Gasteiger partial charge in [0, 0.05) is 19.6 Å². The number of ether oxygens (including phenoxy) is 1. The van der Waals surface area contributed by atoms with Gasteiger partial charge in [-0.1, -0.05) is 7.43 Å². The van der Waals surface area contributed by atoms with Crippen molar-refractivity contribution in [2.45, 2.75) is 7.43 Å². The Hall–Kier alpha value is 0.830. The Labute approximate surface area is 108 Å². The van der Waals surface area contributed by atoms with E-state index >= 15 is 0 Å². The predicted molar refractivity (Wildman–Crippen MR) is 48.6 cm³/mol. The second-order valence-electron chi connectivity index (χ2n) is 2.72. The molecular weight excluding hydrogens is 217 g/mol. The van der Waals surface area contributed by atoms with Crippen molar-refractivity contribution < 1.29 is 47.3 Å². The van der Waals surface area contributed by atoms with Gasteiger partial charge in [0.25, 0.3) is 0 Å². The normalized spacial score (nSPS) is 18.1. The molecule has 7 heteroatoms. The van der Waals surface area contributed by atoms with Crippen LogP contribution in [0.15, 0.2) is 0 Å². The Balaban J connectivity index is 0. The first kappa shape index (κ1) is 17.2. The van der Waals surface area contributed by atoms with E-state index in [-0.39, 0.29) is 42.7 Å². The smallest absolute Gasteiger partial charge is 0.748 e. The van der Waals surface area contributed by atoms with E-state index in [2.05, 4.69) is 0 Å². The van der Waals surface area contributed by atoms with Crippen molar-refractivity contribution in [3.8, 4) is 0 Å². The third-order valence-corrected chi connectivity index (χ3v) is 2.44. The molecule has 0 N–H and O–H groups in total. The van der Waals surface area contributed by atoms with Gasteiger partial charge in [0.1, 0.15) is 0 Å². The summed E-state index contributed by atoms with van der Waals surface area (Å²) in [5.74, 6) is -0.299. The van der Waals surface area contributed by atoms with E-state index in [0.717, 1.165) is 13.1 Å². The molecule has 0 unspecified atom stereocenters. The topological polar surface area (TPSA) is 69.7 Å². The van der Waals surface area contributed by atoms with Gasteiger partial charge < -0.3 is 9.29 Å². The summed E-state index contributed by atoms with van der Waals surface area (Å²) >= 11 is 0. The summed E-state index contributed by atoms with van der Waals surface area (Å²) in [5, 5.41) is 0. The molecule has 0 atom stereocenters. The van der Waals surface area contributed by atoms with Crippen LogP contribution in [-0.2, 0) is 14.9 Å². The molecule has 80 valence electrons. The second-order valence-corrected chi connectivity index (χ2v) is 4.24. The van der Waals surface area contributed by atoms with Crippen LogP contribution in [0.1, 0.15) is 7.43 Å². The first-order valence-electron chi connectivity index (χ1n) is 3.81. The van der Waals surface area contributed by atoms with Crippen molar-refractivity contribution in [1.82, 2.24) is 4.90 Å². The summed E-state index contributed by atoms with van der Waals surface area (Å²) in [6, 6.07) is 0. The number of hydrogen-bond donors (Lipinski definition) is 0. The first-order chi connectivity index (χ1) is 5.58. The monoisotopic (exact) mass is 233 g/mol. The molecule has 5 nitrogen and oxygen atoms in total. The molecule has 1 saturated heterocycles. The molecule has 1 aliphatic heterocycles. The second kappa shape index (κ2) is 8.04. The summed E-state index contributed by atoms with van der Waals surface area (Å²) < 4.78 is 35.8. The van der Waals surface area contributed by atoms with Crippen LogP contribution in [0.2, 0.25) is 0 Å². The molecule has 1 aliphatic rings. The Morgan fingerprint density at radius 2 is 1.79 bits per heavy atom. The molecule has 14 heavy (non-hydrogen) atoms. The summed E-state index contributed by atoms with van der Waals surface area (Å²) in [6.07, 6.45) is 0. The Kier molecular flexibility index (Phi) is 9.89. The Bertz CT molecular complexity index is 226.